The molecule has 0 spiro atoms. The van der Waals surface area contributed by atoms with Crippen molar-refractivity contribution in [3.63, 3.8) is 0 Å². The fraction of sp³-hybridized carbons (Fsp3) is 0.533. The van der Waals surface area contributed by atoms with Crippen molar-refractivity contribution in [1.82, 2.24) is 5.32 Å². The van der Waals surface area contributed by atoms with E-state index in [-0.39, 0.29) is 11.7 Å². The Bertz CT molecular complexity index is 536. The molecule has 0 atom stereocenters. The van der Waals surface area contributed by atoms with Crippen molar-refractivity contribution in [2.24, 2.45) is 22.2 Å². The average molecular weight is 277 g/mol. The molecule has 1 aromatic carbocycles. The van der Waals surface area contributed by atoms with Crippen molar-refractivity contribution in [2.75, 3.05) is 6.54 Å². The Morgan fingerprint density at radius 1 is 1.45 bits per heavy atom. The number of hydrogen-bond acceptors (Lipinski definition) is 3. The van der Waals surface area contributed by atoms with Gasteiger partial charge in [-0.2, -0.15) is 0 Å². The number of halogens is 1. The van der Waals surface area contributed by atoms with Crippen LogP contribution in [0.4, 0.5) is 4.39 Å². The van der Waals surface area contributed by atoms with E-state index in [1.807, 2.05) is 0 Å². The molecule has 2 fully saturated rings. The molecule has 5 heteroatoms. The minimum atomic E-state index is -0.382. The minimum Gasteiger partial charge on any atom is -0.409 e. The summed E-state index contributed by atoms with van der Waals surface area (Å²) in [4.78, 5) is 0. The molecule has 0 saturated heterocycles. The van der Waals surface area contributed by atoms with Crippen LogP contribution in [0, 0.1) is 17.2 Å². The summed E-state index contributed by atoms with van der Waals surface area (Å²) in [5.74, 6) is 0.475. The summed E-state index contributed by atoms with van der Waals surface area (Å²) < 4.78 is 13.3. The van der Waals surface area contributed by atoms with Crippen LogP contribution in [0.1, 0.15) is 36.8 Å². The van der Waals surface area contributed by atoms with Crippen LogP contribution in [-0.4, -0.2) is 17.6 Å². The van der Waals surface area contributed by atoms with Gasteiger partial charge >= 0.3 is 0 Å². The van der Waals surface area contributed by atoms with E-state index in [0.29, 0.717) is 17.5 Å². The van der Waals surface area contributed by atoms with Gasteiger partial charge < -0.3 is 16.3 Å². The number of oxime groups is 1. The zero-order valence-electron chi connectivity index (χ0n) is 11.4. The zero-order chi connectivity index (χ0) is 14.2. The highest BCUT2D eigenvalue weighted by Gasteiger charge is 2.53. The van der Waals surface area contributed by atoms with E-state index in [4.69, 9.17) is 10.9 Å². The standard InChI is InChI=1S/C15H20FN3O/c16-12-4-1-10(13(7-12)14(17)19-20)8-18-9-15(5-6-15)11-2-3-11/h1,4,7,11,18,20H,2-3,5-6,8-9H2,(H2,17,19). The molecule has 108 valence electrons. The van der Waals surface area contributed by atoms with Crippen LogP contribution in [0.25, 0.3) is 0 Å². The van der Waals surface area contributed by atoms with E-state index in [9.17, 15) is 4.39 Å². The molecule has 0 bridgehead atoms. The van der Waals surface area contributed by atoms with Crippen LogP contribution in [0.2, 0.25) is 0 Å². The lowest BCUT2D eigenvalue weighted by Crippen LogP contribution is -2.26. The quantitative estimate of drug-likeness (QED) is 0.323. The molecule has 2 aliphatic rings. The van der Waals surface area contributed by atoms with Crippen molar-refractivity contribution in [2.45, 2.75) is 32.2 Å². The molecule has 0 aromatic heterocycles. The Hall–Kier alpha value is -1.62. The Kier molecular flexibility index (Phi) is 3.38. The number of amidine groups is 1. The molecule has 1 aromatic rings. The summed E-state index contributed by atoms with van der Waals surface area (Å²) >= 11 is 0. The van der Waals surface area contributed by atoms with Crippen LogP contribution in [0.15, 0.2) is 23.4 Å². The summed E-state index contributed by atoms with van der Waals surface area (Å²) in [7, 11) is 0. The van der Waals surface area contributed by atoms with E-state index in [0.717, 1.165) is 18.0 Å². The Morgan fingerprint density at radius 2 is 2.20 bits per heavy atom. The molecule has 0 aliphatic heterocycles. The van der Waals surface area contributed by atoms with Crippen molar-refractivity contribution in [3.05, 3.63) is 35.1 Å². The number of hydrogen-bond donors (Lipinski definition) is 3. The third-order valence-corrected chi connectivity index (χ3v) is 4.58. The average Bonchev–Trinajstić information content (AvgIpc) is 3.31. The first-order valence-electron chi connectivity index (χ1n) is 7.12. The summed E-state index contributed by atoms with van der Waals surface area (Å²) in [6.45, 7) is 1.62. The van der Waals surface area contributed by atoms with Crippen LogP contribution in [0.5, 0.6) is 0 Å². The lowest BCUT2D eigenvalue weighted by molar-refractivity contribution is 0.318. The smallest absolute Gasteiger partial charge is 0.170 e. The van der Waals surface area contributed by atoms with E-state index in [1.54, 1.807) is 6.07 Å². The Morgan fingerprint density at radius 3 is 2.80 bits per heavy atom. The second-order valence-corrected chi connectivity index (χ2v) is 6.03. The van der Waals surface area contributed by atoms with Gasteiger partial charge in [-0.25, -0.2) is 4.39 Å². The van der Waals surface area contributed by atoms with E-state index < -0.39 is 0 Å². The number of nitrogens with one attached hydrogen (secondary N) is 1. The highest BCUT2D eigenvalue weighted by atomic mass is 19.1. The third-order valence-electron chi connectivity index (χ3n) is 4.58. The number of nitrogens with two attached hydrogens (primary N) is 1. The first kappa shape index (κ1) is 13.4. The molecular formula is C15H20FN3O. The number of rotatable bonds is 6. The van der Waals surface area contributed by atoms with Crippen LogP contribution < -0.4 is 11.1 Å². The second-order valence-electron chi connectivity index (χ2n) is 6.03. The maximum Gasteiger partial charge on any atom is 0.170 e. The van der Waals surface area contributed by atoms with Crippen LogP contribution in [-0.2, 0) is 6.54 Å². The lowest BCUT2D eigenvalue weighted by Gasteiger charge is -2.16. The highest BCUT2D eigenvalue weighted by Crippen LogP contribution is 2.60. The normalized spacial score (nSPS) is 20.9. The van der Waals surface area contributed by atoms with Gasteiger partial charge in [-0.05, 0) is 54.7 Å². The summed E-state index contributed by atoms with van der Waals surface area (Å²) in [6, 6.07) is 4.39. The molecule has 2 saturated carbocycles. The molecule has 20 heavy (non-hydrogen) atoms. The van der Waals surface area contributed by atoms with E-state index >= 15 is 0 Å². The number of benzene rings is 1. The first-order chi connectivity index (χ1) is 9.64. The van der Waals surface area contributed by atoms with Gasteiger partial charge in [-0.3, -0.25) is 0 Å². The fourth-order valence-electron chi connectivity index (χ4n) is 3.03. The predicted molar refractivity (Wildman–Crippen MR) is 75.0 cm³/mol. The third kappa shape index (κ3) is 2.63. The van der Waals surface area contributed by atoms with Crippen molar-refractivity contribution in [1.29, 1.82) is 0 Å². The zero-order valence-corrected chi connectivity index (χ0v) is 11.4. The van der Waals surface area contributed by atoms with Gasteiger partial charge in [0.15, 0.2) is 5.84 Å². The van der Waals surface area contributed by atoms with Crippen molar-refractivity contribution >= 4 is 5.84 Å². The van der Waals surface area contributed by atoms with Gasteiger partial charge in [0.1, 0.15) is 5.82 Å². The second kappa shape index (κ2) is 5.05. The monoisotopic (exact) mass is 277 g/mol. The SMILES string of the molecule is N/C(=N/O)c1cc(F)ccc1CNCC1(C2CC2)CC1. The molecule has 0 radical (unpaired) electrons. The highest BCUT2D eigenvalue weighted by molar-refractivity contribution is 5.98. The summed E-state index contributed by atoms with van der Waals surface area (Å²) in [5, 5.41) is 15.2. The van der Waals surface area contributed by atoms with Crippen LogP contribution >= 0.6 is 0 Å². The molecule has 4 N–H and O–H groups in total. The van der Waals surface area contributed by atoms with Gasteiger partial charge in [0.25, 0.3) is 0 Å². The molecule has 0 amide bonds. The Balaban J connectivity index is 1.64. The summed E-state index contributed by atoms with van der Waals surface area (Å²) in [5.41, 5.74) is 7.43. The molecule has 0 unspecified atom stereocenters. The molecule has 4 nitrogen and oxygen atoms in total. The first-order valence-corrected chi connectivity index (χ1v) is 7.12. The van der Waals surface area contributed by atoms with Gasteiger partial charge in [0, 0.05) is 18.7 Å². The van der Waals surface area contributed by atoms with E-state index in [1.165, 1.54) is 37.8 Å². The fourth-order valence-corrected chi connectivity index (χ4v) is 3.03. The molecule has 3 rings (SSSR count). The van der Waals surface area contributed by atoms with Gasteiger partial charge in [-0.15, -0.1) is 0 Å². The molecule has 0 heterocycles. The van der Waals surface area contributed by atoms with E-state index in [2.05, 4.69) is 10.5 Å². The molecule has 2 aliphatic carbocycles. The van der Waals surface area contributed by atoms with Crippen molar-refractivity contribution < 1.29 is 9.60 Å². The van der Waals surface area contributed by atoms with Gasteiger partial charge in [0.2, 0.25) is 0 Å². The maximum absolute atomic E-state index is 13.3. The minimum absolute atomic E-state index is 0.0513. The Labute approximate surface area is 117 Å². The molecular weight excluding hydrogens is 257 g/mol. The summed E-state index contributed by atoms with van der Waals surface area (Å²) in [6.07, 6.45) is 5.38. The predicted octanol–water partition coefficient (Wildman–Crippen LogP) is 2.20. The number of nitrogens with zero attached hydrogens (tertiary/aromatic N) is 1. The topological polar surface area (TPSA) is 70.6 Å². The van der Waals surface area contributed by atoms with Crippen LogP contribution in [0.3, 0.4) is 0 Å². The van der Waals surface area contributed by atoms with Gasteiger partial charge in [0.05, 0.1) is 0 Å². The lowest BCUT2D eigenvalue weighted by atomic mass is 10.0. The largest absolute Gasteiger partial charge is 0.409 e. The maximum atomic E-state index is 13.3. The van der Waals surface area contributed by atoms with Gasteiger partial charge in [-0.1, -0.05) is 11.2 Å². The van der Waals surface area contributed by atoms with Crippen molar-refractivity contribution in [3.8, 4) is 0 Å².